The van der Waals surface area contributed by atoms with Gasteiger partial charge >= 0.3 is 0 Å². The molecule has 0 amide bonds. The Labute approximate surface area is 186 Å². The highest BCUT2D eigenvalue weighted by molar-refractivity contribution is 7.98. The molecule has 156 valence electrons. The van der Waals surface area contributed by atoms with Crippen LogP contribution in [0.4, 0.5) is 5.95 Å². The highest BCUT2D eigenvalue weighted by Crippen LogP contribution is 2.34. The molecule has 5 aromatic heterocycles. The molecule has 0 fully saturated rings. The van der Waals surface area contributed by atoms with Gasteiger partial charge in [0, 0.05) is 34.2 Å². The first-order valence-corrected chi connectivity index (χ1v) is 11.8. The van der Waals surface area contributed by atoms with Gasteiger partial charge < -0.3 is 5.73 Å². The summed E-state index contributed by atoms with van der Waals surface area (Å²) < 4.78 is 2.78. The predicted molar refractivity (Wildman–Crippen MR) is 125 cm³/mol. The second-order valence-electron chi connectivity index (χ2n) is 6.52. The van der Waals surface area contributed by atoms with Crippen LogP contribution in [0.15, 0.2) is 56.4 Å². The van der Waals surface area contributed by atoms with Crippen LogP contribution in [-0.4, -0.2) is 29.1 Å². The summed E-state index contributed by atoms with van der Waals surface area (Å²) in [5, 5.41) is 7.74. The van der Waals surface area contributed by atoms with Crippen molar-refractivity contribution in [1.29, 1.82) is 0 Å². The number of aromatic amines is 1. The number of fused-ring (bicyclic) bond motifs is 2. The van der Waals surface area contributed by atoms with E-state index in [2.05, 4.69) is 21.6 Å². The lowest BCUT2D eigenvalue weighted by Crippen LogP contribution is -2.22. The standard InChI is InChI=1S/C19H15N7O2S3/c1-2-5-25-16(28)14-11(12-4-3-6-29-12)9-30-15(14)22-19(25)31-8-10-7-13(27)26-18(21-10)23-17(20)24-26/h2-4,6-7,9H,1,5,8H2,(H3,20,21,23,24). The zero-order valence-electron chi connectivity index (χ0n) is 15.9. The lowest BCUT2D eigenvalue weighted by Gasteiger charge is -2.10. The minimum Gasteiger partial charge on any atom is -0.368 e. The fourth-order valence-electron chi connectivity index (χ4n) is 3.18. The molecule has 12 heteroatoms. The van der Waals surface area contributed by atoms with Gasteiger partial charge in [-0.05, 0) is 11.4 Å². The Hall–Kier alpha value is -3.22. The lowest BCUT2D eigenvalue weighted by atomic mass is 10.2. The molecule has 0 saturated heterocycles. The molecule has 3 N–H and O–H groups in total. The number of thiophene rings is 2. The quantitative estimate of drug-likeness (QED) is 0.223. The van der Waals surface area contributed by atoms with Crippen molar-refractivity contribution in [2.45, 2.75) is 17.5 Å². The Morgan fingerprint density at radius 3 is 2.90 bits per heavy atom. The third-order valence-electron chi connectivity index (χ3n) is 4.51. The first kappa shape index (κ1) is 19.7. The van der Waals surface area contributed by atoms with Gasteiger partial charge in [-0.2, -0.15) is 9.50 Å². The number of nitrogens with one attached hydrogen (secondary N) is 1. The minimum atomic E-state index is -0.310. The number of anilines is 1. The number of aromatic nitrogens is 6. The third-order valence-corrected chi connectivity index (χ3v) is 7.29. The van der Waals surface area contributed by atoms with Crippen molar-refractivity contribution in [3.8, 4) is 10.4 Å². The van der Waals surface area contributed by atoms with Gasteiger partial charge in [-0.15, -0.1) is 29.3 Å². The average Bonchev–Trinajstić information content (AvgIpc) is 3.47. The molecule has 5 heterocycles. The van der Waals surface area contributed by atoms with E-state index in [1.807, 2.05) is 22.9 Å². The molecule has 0 spiro atoms. The average molecular weight is 470 g/mol. The number of nitrogens with two attached hydrogens (primary N) is 1. The third kappa shape index (κ3) is 3.48. The number of thioether (sulfide) groups is 1. The molecular weight excluding hydrogens is 454 g/mol. The number of nitrogen functional groups attached to an aromatic ring is 1. The van der Waals surface area contributed by atoms with Crippen LogP contribution in [0, 0.1) is 0 Å². The molecule has 0 radical (unpaired) electrons. The van der Waals surface area contributed by atoms with E-state index in [1.54, 1.807) is 22.0 Å². The van der Waals surface area contributed by atoms with E-state index in [1.165, 1.54) is 33.7 Å². The van der Waals surface area contributed by atoms with Crippen molar-refractivity contribution < 1.29 is 0 Å². The number of hydrogen-bond acceptors (Lipinski definition) is 9. The topological polar surface area (TPSA) is 124 Å². The van der Waals surface area contributed by atoms with E-state index in [4.69, 9.17) is 10.7 Å². The summed E-state index contributed by atoms with van der Waals surface area (Å²) >= 11 is 4.36. The molecule has 0 bridgehead atoms. The largest absolute Gasteiger partial charge is 0.368 e. The number of hydrogen-bond donors (Lipinski definition) is 2. The van der Waals surface area contributed by atoms with Crippen molar-refractivity contribution >= 4 is 56.4 Å². The second kappa shape index (κ2) is 7.80. The van der Waals surface area contributed by atoms with Gasteiger partial charge in [0.2, 0.25) is 5.95 Å². The molecule has 0 aliphatic rings. The minimum absolute atomic E-state index is 0.111. The van der Waals surface area contributed by atoms with Crippen LogP contribution in [0.3, 0.4) is 0 Å². The molecule has 5 rings (SSSR count). The molecule has 0 aliphatic carbocycles. The fraction of sp³-hybridized carbons (Fsp3) is 0.105. The van der Waals surface area contributed by atoms with Gasteiger partial charge in [0.25, 0.3) is 16.9 Å². The van der Waals surface area contributed by atoms with Gasteiger partial charge in [0.05, 0.1) is 11.1 Å². The van der Waals surface area contributed by atoms with Crippen molar-refractivity contribution in [2.24, 2.45) is 0 Å². The second-order valence-corrected chi connectivity index (χ2v) is 9.27. The SMILES string of the molecule is C=CCn1c(SCc2cc(=O)n3[nH]c(N)nc3n2)nc2scc(-c3cccs3)c2c1=O. The Bertz CT molecular complexity index is 1540. The van der Waals surface area contributed by atoms with Crippen LogP contribution >= 0.6 is 34.4 Å². The lowest BCUT2D eigenvalue weighted by molar-refractivity contribution is 0.673. The molecule has 0 aromatic carbocycles. The first-order valence-electron chi connectivity index (χ1n) is 9.09. The maximum Gasteiger partial charge on any atom is 0.274 e. The maximum atomic E-state index is 13.3. The summed E-state index contributed by atoms with van der Waals surface area (Å²) in [6.45, 7) is 4.10. The Kier molecular flexibility index (Phi) is 4.96. The molecule has 5 aromatic rings. The summed E-state index contributed by atoms with van der Waals surface area (Å²) in [4.78, 5) is 40.4. The fourth-order valence-corrected chi connectivity index (χ4v) is 5.88. The summed E-state index contributed by atoms with van der Waals surface area (Å²) in [5.74, 6) is 0.656. The predicted octanol–water partition coefficient (Wildman–Crippen LogP) is 2.98. The van der Waals surface area contributed by atoms with Gasteiger partial charge in [-0.25, -0.2) is 9.97 Å². The Morgan fingerprint density at radius 2 is 2.13 bits per heavy atom. The molecule has 9 nitrogen and oxygen atoms in total. The van der Waals surface area contributed by atoms with Gasteiger partial charge in [0.1, 0.15) is 4.83 Å². The van der Waals surface area contributed by atoms with Crippen LogP contribution < -0.4 is 16.9 Å². The molecule has 0 saturated carbocycles. The van der Waals surface area contributed by atoms with Crippen molar-refractivity contribution in [2.75, 3.05) is 5.73 Å². The first-order chi connectivity index (χ1) is 15.0. The van der Waals surface area contributed by atoms with Crippen LogP contribution in [0.1, 0.15) is 5.69 Å². The van der Waals surface area contributed by atoms with Crippen molar-refractivity contribution in [1.82, 2.24) is 29.1 Å². The van der Waals surface area contributed by atoms with Crippen LogP contribution in [-0.2, 0) is 12.3 Å². The summed E-state index contributed by atoms with van der Waals surface area (Å²) in [5.41, 5.74) is 6.61. The Balaban J connectivity index is 1.55. The highest BCUT2D eigenvalue weighted by Gasteiger charge is 2.18. The molecular formula is C19H15N7O2S3. The number of nitrogens with zero attached hydrogens (tertiary/aromatic N) is 5. The smallest absolute Gasteiger partial charge is 0.274 e. The van der Waals surface area contributed by atoms with E-state index < -0.39 is 0 Å². The number of rotatable bonds is 6. The van der Waals surface area contributed by atoms with E-state index in [9.17, 15) is 9.59 Å². The zero-order chi connectivity index (χ0) is 21.5. The van der Waals surface area contributed by atoms with Gasteiger partial charge in [-0.1, -0.05) is 23.9 Å². The summed E-state index contributed by atoms with van der Waals surface area (Å²) in [6, 6.07) is 5.36. The molecule has 0 aliphatic heterocycles. The van der Waals surface area contributed by atoms with E-state index in [-0.39, 0.29) is 22.8 Å². The highest BCUT2D eigenvalue weighted by atomic mass is 32.2. The Morgan fingerprint density at radius 1 is 1.26 bits per heavy atom. The number of H-pyrrole nitrogens is 1. The maximum absolute atomic E-state index is 13.3. The van der Waals surface area contributed by atoms with E-state index in [0.717, 1.165) is 10.4 Å². The monoisotopic (exact) mass is 469 g/mol. The van der Waals surface area contributed by atoms with E-state index >= 15 is 0 Å². The van der Waals surface area contributed by atoms with Crippen LogP contribution in [0.2, 0.25) is 0 Å². The van der Waals surface area contributed by atoms with Crippen LogP contribution in [0.25, 0.3) is 26.4 Å². The number of allylic oxidation sites excluding steroid dienone is 1. The van der Waals surface area contributed by atoms with Gasteiger partial charge in [0.15, 0.2) is 5.16 Å². The zero-order valence-corrected chi connectivity index (χ0v) is 18.4. The molecule has 0 unspecified atom stereocenters. The van der Waals surface area contributed by atoms with Crippen LogP contribution in [0.5, 0.6) is 0 Å². The van der Waals surface area contributed by atoms with Crippen molar-refractivity contribution in [3.63, 3.8) is 0 Å². The van der Waals surface area contributed by atoms with Gasteiger partial charge in [-0.3, -0.25) is 19.3 Å². The normalized spacial score (nSPS) is 11.5. The molecule has 31 heavy (non-hydrogen) atoms. The molecule has 0 atom stereocenters. The summed E-state index contributed by atoms with van der Waals surface area (Å²) in [6.07, 6.45) is 1.67. The van der Waals surface area contributed by atoms with Crippen molar-refractivity contribution in [3.05, 3.63) is 68.0 Å². The van der Waals surface area contributed by atoms with E-state index in [0.29, 0.717) is 33.4 Å². The summed E-state index contributed by atoms with van der Waals surface area (Å²) in [7, 11) is 0.